The van der Waals surface area contributed by atoms with Gasteiger partial charge in [0.2, 0.25) is 5.91 Å². The highest BCUT2D eigenvalue weighted by molar-refractivity contribution is 6.01. The number of allylic oxidation sites excluding steroid dienone is 1. The van der Waals surface area contributed by atoms with Gasteiger partial charge in [0.05, 0.1) is 0 Å². The highest BCUT2D eigenvalue weighted by Gasteiger charge is 2.44. The molecule has 3 fully saturated rings. The third-order valence-electron chi connectivity index (χ3n) is 8.66. The lowest BCUT2D eigenvalue weighted by Crippen LogP contribution is -2.49. The molecule has 0 spiro atoms. The van der Waals surface area contributed by atoms with Crippen molar-refractivity contribution >= 4 is 11.8 Å². The van der Waals surface area contributed by atoms with Crippen LogP contribution in [0.15, 0.2) is 30.5 Å². The highest BCUT2D eigenvalue weighted by atomic mass is 16.2. The molecular formula is C27H37N3O2. The smallest absolute Gasteiger partial charge is 0.255 e. The summed E-state index contributed by atoms with van der Waals surface area (Å²) in [6.07, 6.45) is 10.3. The van der Waals surface area contributed by atoms with E-state index in [0.29, 0.717) is 36.4 Å². The monoisotopic (exact) mass is 435 g/mol. The van der Waals surface area contributed by atoms with Crippen molar-refractivity contribution in [3.8, 4) is 0 Å². The Kier molecular flexibility index (Phi) is 5.65. The van der Waals surface area contributed by atoms with Gasteiger partial charge in [-0.1, -0.05) is 38.5 Å². The predicted molar refractivity (Wildman–Crippen MR) is 126 cm³/mol. The molecule has 2 aliphatic carbocycles. The molecule has 5 rings (SSSR count). The fourth-order valence-electron chi connectivity index (χ4n) is 5.96. The van der Waals surface area contributed by atoms with E-state index in [-0.39, 0.29) is 17.9 Å². The Balaban J connectivity index is 1.27. The Morgan fingerprint density at radius 1 is 1.22 bits per heavy atom. The van der Waals surface area contributed by atoms with Gasteiger partial charge in [0, 0.05) is 29.9 Å². The van der Waals surface area contributed by atoms with Gasteiger partial charge in [-0.3, -0.25) is 9.59 Å². The van der Waals surface area contributed by atoms with Gasteiger partial charge >= 0.3 is 0 Å². The second-order valence-corrected chi connectivity index (χ2v) is 11.0. The summed E-state index contributed by atoms with van der Waals surface area (Å²) in [6, 6.07) is 7.13. The number of carbonyl (C=O) groups excluding carboxylic acids is 2. The third kappa shape index (κ3) is 4.12. The average Bonchev–Trinajstić information content (AvgIpc) is 3.44. The summed E-state index contributed by atoms with van der Waals surface area (Å²) >= 11 is 0. The summed E-state index contributed by atoms with van der Waals surface area (Å²) in [5.41, 5.74) is 4.41. The maximum absolute atomic E-state index is 13.0. The van der Waals surface area contributed by atoms with Crippen molar-refractivity contribution in [3.63, 3.8) is 0 Å². The Morgan fingerprint density at radius 2 is 2.00 bits per heavy atom. The summed E-state index contributed by atoms with van der Waals surface area (Å²) in [7, 11) is 0. The minimum Gasteiger partial charge on any atom is -0.329 e. The molecule has 2 heterocycles. The molecule has 32 heavy (non-hydrogen) atoms. The van der Waals surface area contributed by atoms with Crippen LogP contribution < -0.4 is 10.6 Å². The Labute approximate surface area is 192 Å². The highest BCUT2D eigenvalue weighted by Crippen LogP contribution is 2.48. The van der Waals surface area contributed by atoms with Gasteiger partial charge in [-0.05, 0) is 80.4 Å². The molecule has 1 saturated heterocycles. The number of nitrogens with zero attached hydrogens (tertiary/aromatic N) is 1. The number of rotatable bonds is 6. The molecule has 2 amide bonds. The van der Waals surface area contributed by atoms with Gasteiger partial charge in [0.15, 0.2) is 0 Å². The fourth-order valence-corrected chi connectivity index (χ4v) is 5.96. The van der Waals surface area contributed by atoms with Crippen molar-refractivity contribution in [2.24, 2.45) is 11.3 Å². The third-order valence-corrected chi connectivity index (χ3v) is 8.66. The van der Waals surface area contributed by atoms with E-state index < -0.39 is 0 Å². The van der Waals surface area contributed by atoms with Crippen LogP contribution in [0, 0.1) is 11.3 Å². The van der Waals surface area contributed by atoms with Crippen LogP contribution in [0.4, 0.5) is 0 Å². The normalized spacial score (nSPS) is 30.1. The van der Waals surface area contributed by atoms with Crippen molar-refractivity contribution in [3.05, 3.63) is 47.2 Å². The summed E-state index contributed by atoms with van der Waals surface area (Å²) < 4.78 is 0. The van der Waals surface area contributed by atoms with Crippen LogP contribution in [0.2, 0.25) is 0 Å². The van der Waals surface area contributed by atoms with E-state index in [9.17, 15) is 9.59 Å². The van der Waals surface area contributed by atoms with E-state index in [2.05, 4.69) is 43.2 Å². The number of nitrogens with one attached hydrogen (secondary N) is 2. The van der Waals surface area contributed by atoms with E-state index in [1.165, 1.54) is 44.1 Å². The molecule has 0 bridgehead atoms. The molecule has 1 aromatic rings. The van der Waals surface area contributed by atoms with Crippen LogP contribution in [-0.4, -0.2) is 34.8 Å². The van der Waals surface area contributed by atoms with Crippen LogP contribution in [0.25, 0.3) is 0 Å². The van der Waals surface area contributed by atoms with E-state index in [0.717, 1.165) is 29.7 Å². The first-order chi connectivity index (χ1) is 15.3. The summed E-state index contributed by atoms with van der Waals surface area (Å²) in [6.45, 7) is 9.16. The standard InChI is InChI=1S/C27H37N3O2/c1-17-8-11-24(25(31)28-17)30-16-21-15-19(9-10-22(21)26(30)32)14-20-6-4-5-7-23(20)29-18(2)27(3)12-13-27/h9-10,15,18,20,23-24,29H,1,4-8,11-14,16H2,2-3H3,(H,28,31)/t18-,20-,23+,24?/m1/s1. The lowest BCUT2D eigenvalue weighted by Gasteiger charge is -2.36. The van der Waals surface area contributed by atoms with Crippen molar-refractivity contribution in [1.29, 1.82) is 0 Å². The lowest BCUT2D eigenvalue weighted by atomic mass is 9.79. The van der Waals surface area contributed by atoms with Gasteiger partial charge in [-0.15, -0.1) is 0 Å². The van der Waals surface area contributed by atoms with Gasteiger partial charge in [-0.2, -0.15) is 0 Å². The maximum atomic E-state index is 13.0. The summed E-state index contributed by atoms with van der Waals surface area (Å²) in [5.74, 6) is 0.537. The van der Waals surface area contributed by atoms with E-state index in [1.807, 2.05) is 6.07 Å². The number of hydrogen-bond donors (Lipinski definition) is 2. The quantitative estimate of drug-likeness (QED) is 0.700. The molecule has 172 valence electrons. The van der Waals surface area contributed by atoms with Crippen LogP contribution >= 0.6 is 0 Å². The lowest BCUT2D eigenvalue weighted by molar-refractivity contribution is -0.126. The molecule has 0 aromatic heterocycles. The van der Waals surface area contributed by atoms with Gasteiger partial charge < -0.3 is 15.5 Å². The fraction of sp³-hybridized carbons (Fsp3) is 0.630. The molecular weight excluding hydrogens is 398 g/mol. The van der Waals surface area contributed by atoms with Gasteiger partial charge in [-0.25, -0.2) is 0 Å². The summed E-state index contributed by atoms with van der Waals surface area (Å²) in [4.78, 5) is 27.2. The molecule has 5 nitrogen and oxygen atoms in total. The molecule has 2 aliphatic heterocycles. The molecule has 5 heteroatoms. The minimum atomic E-state index is -0.388. The van der Waals surface area contributed by atoms with Crippen molar-refractivity contribution in [2.75, 3.05) is 0 Å². The first-order valence-electron chi connectivity index (χ1n) is 12.5. The zero-order valence-electron chi connectivity index (χ0n) is 19.6. The molecule has 2 N–H and O–H groups in total. The van der Waals surface area contributed by atoms with Crippen LogP contribution in [0.1, 0.15) is 86.7 Å². The molecule has 4 aliphatic rings. The number of fused-ring (bicyclic) bond motifs is 1. The molecule has 1 aromatic carbocycles. The first kappa shape index (κ1) is 21.7. The largest absolute Gasteiger partial charge is 0.329 e. The zero-order chi connectivity index (χ0) is 22.5. The second-order valence-electron chi connectivity index (χ2n) is 11.0. The number of hydrogen-bond acceptors (Lipinski definition) is 3. The van der Waals surface area contributed by atoms with Crippen molar-refractivity contribution in [1.82, 2.24) is 15.5 Å². The van der Waals surface area contributed by atoms with Crippen LogP contribution in [-0.2, 0) is 17.8 Å². The van der Waals surface area contributed by atoms with E-state index in [4.69, 9.17) is 0 Å². The molecule has 4 atom stereocenters. The number of benzene rings is 1. The number of carbonyl (C=O) groups is 2. The summed E-state index contributed by atoms with van der Waals surface area (Å²) in [5, 5.41) is 6.82. The van der Waals surface area contributed by atoms with E-state index in [1.54, 1.807) is 4.90 Å². The topological polar surface area (TPSA) is 61.4 Å². The molecule has 1 unspecified atom stereocenters. The predicted octanol–water partition coefficient (Wildman–Crippen LogP) is 4.31. The minimum absolute atomic E-state index is 0.0112. The number of piperidine rings is 1. The zero-order valence-corrected chi connectivity index (χ0v) is 19.6. The van der Waals surface area contributed by atoms with Gasteiger partial charge in [0.25, 0.3) is 5.91 Å². The Morgan fingerprint density at radius 3 is 2.75 bits per heavy atom. The second kappa shape index (κ2) is 8.33. The van der Waals surface area contributed by atoms with Crippen molar-refractivity contribution < 1.29 is 9.59 Å². The maximum Gasteiger partial charge on any atom is 0.255 e. The first-order valence-corrected chi connectivity index (χ1v) is 12.5. The van der Waals surface area contributed by atoms with Crippen molar-refractivity contribution in [2.45, 2.75) is 96.3 Å². The van der Waals surface area contributed by atoms with Gasteiger partial charge in [0.1, 0.15) is 6.04 Å². The Bertz CT molecular complexity index is 935. The average molecular weight is 436 g/mol. The van der Waals surface area contributed by atoms with Crippen LogP contribution in [0.3, 0.4) is 0 Å². The molecule has 0 radical (unpaired) electrons. The number of amides is 2. The molecule has 2 saturated carbocycles. The Hall–Kier alpha value is -2.14. The van der Waals surface area contributed by atoms with E-state index >= 15 is 0 Å². The SMILES string of the molecule is C=C1CCC(N2Cc3cc(C[C@H]4CCCC[C@@H]4N[C@H](C)C4(C)CC4)ccc3C2=O)C(=O)N1. The van der Waals surface area contributed by atoms with Crippen LogP contribution in [0.5, 0.6) is 0 Å².